The fourth-order valence-electron chi connectivity index (χ4n) is 12.5. The number of nitrogens with two attached hydrogens (primary N) is 2. The molecule has 7 aliphatic rings. The summed E-state index contributed by atoms with van der Waals surface area (Å²) in [4.78, 5) is 117. The Balaban J connectivity index is 1.24. The third-order valence-corrected chi connectivity index (χ3v) is 18.4. The number of primary amides is 1. The van der Waals surface area contributed by atoms with E-state index >= 15 is 14.4 Å². The van der Waals surface area contributed by atoms with Gasteiger partial charge in [-0.15, -0.1) is 0 Å². The zero-order chi connectivity index (χ0) is 73.5. The van der Waals surface area contributed by atoms with Crippen LogP contribution in [0.1, 0.15) is 105 Å². The van der Waals surface area contributed by atoms with E-state index in [2.05, 4.69) is 37.2 Å². The number of aliphatic hydroxyl groups is 6. The predicted molar refractivity (Wildman–Crippen MR) is 349 cm³/mol. The summed E-state index contributed by atoms with van der Waals surface area (Å²) in [6.07, 6.45) is -18.6. The van der Waals surface area contributed by atoms with Gasteiger partial charge in [0.05, 0.1) is 41.3 Å². The number of benzene rings is 5. The van der Waals surface area contributed by atoms with Gasteiger partial charge in [-0.1, -0.05) is 55.2 Å². The number of nitrogens with one attached hydrogen (secondary N) is 7. The number of aromatic hydroxyl groups is 3. The number of aliphatic carboxylic acids is 1. The monoisotopic (exact) mass is 1450 g/mol. The number of halogens is 2. The molecule has 542 valence electrons. The highest BCUT2D eigenvalue weighted by atomic mass is 35.5. The lowest BCUT2D eigenvalue weighted by atomic mass is 9.86. The fraction of sp³-hybridized carbons (Fsp3) is 0.424. The van der Waals surface area contributed by atoms with Crippen molar-refractivity contribution in [1.82, 2.24) is 37.2 Å². The van der Waals surface area contributed by atoms with E-state index in [4.69, 9.17) is 63.1 Å². The molecule has 101 heavy (non-hydrogen) atoms. The third kappa shape index (κ3) is 15.8. The standard InChI is InChI=1S/C66H75Cl2N9O24/c1-23(2)12-34(71-5)58(88)76-49-51(83)26-7-10-38(32(67)14-26)97-40-16-28-17-41(55(40)101-65-56(54(86)53(85)42(22-78)99-65)100-44-21-66(4,70)57(87)24(3)96-44)98-39-11-8-27(15-33(39)68)52(84)50-63(93)75-48(64(94)95)31-18-29(79)19-37(81)45(31)30-13-25(6-9-36(30)80)46(60(90)77-50)74-61(91)47(28)73-59(89)35(20-43(69)82)72-62(49)92/h6-11,13-19,23-24,34-35,42,44,46-54,56-57,65,71,78-81,83-87H,12,20-22,70H2,1-5H3,(H2,69,82)(H,72,92)(H,73,89)(H,74,91)(H,75,93)(H,76,88)(H,77,90)(H,94,95)/t24-,34+,35-,42+,44-,46+,47+,48+,49+,50-,51+,52+,53+,54-,56+,57-,65-,66-/m0/s1. The molecule has 7 amide bonds. The van der Waals surface area contributed by atoms with Crippen molar-refractivity contribution in [3.05, 3.63) is 117 Å². The first-order valence-electron chi connectivity index (χ1n) is 31.6. The molecule has 11 bridgehead atoms. The molecule has 35 heteroatoms. The van der Waals surface area contributed by atoms with Crippen LogP contribution < -0.4 is 62.9 Å². The summed E-state index contributed by atoms with van der Waals surface area (Å²) in [6.45, 7) is 5.66. The Hall–Kier alpha value is -9.20. The molecule has 0 spiro atoms. The van der Waals surface area contributed by atoms with Crippen LogP contribution in [0.4, 0.5) is 0 Å². The molecule has 7 heterocycles. The summed E-state index contributed by atoms with van der Waals surface area (Å²) in [5.74, 6) is -16.0. The Kier molecular flexibility index (Phi) is 22.2. The van der Waals surface area contributed by atoms with E-state index in [1.165, 1.54) is 33.0 Å². The molecule has 5 aromatic rings. The summed E-state index contributed by atoms with van der Waals surface area (Å²) in [7, 11) is 1.47. The molecular weight excluding hydrogens is 1370 g/mol. The van der Waals surface area contributed by atoms with E-state index < -0.39 is 237 Å². The number of likely N-dealkylation sites (N-methyl/N-ethyl adjacent to an activating group) is 1. The predicted octanol–water partition coefficient (Wildman–Crippen LogP) is 0.106. The highest BCUT2D eigenvalue weighted by Crippen LogP contribution is 2.50. The minimum Gasteiger partial charge on any atom is -0.508 e. The van der Waals surface area contributed by atoms with Gasteiger partial charge < -0.3 is 128 Å². The number of hydrogen-bond acceptors (Lipinski definition) is 25. The molecule has 2 fully saturated rings. The van der Waals surface area contributed by atoms with Crippen LogP contribution in [0.2, 0.25) is 10.0 Å². The summed E-state index contributed by atoms with van der Waals surface area (Å²) < 4.78 is 38.3. The Morgan fingerprint density at radius 1 is 0.713 bits per heavy atom. The van der Waals surface area contributed by atoms with Gasteiger partial charge in [-0.05, 0) is 110 Å². The first kappa shape index (κ1) is 74.5. The minimum atomic E-state index is -2.35. The minimum absolute atomic E-state index is 0.0975. The summed E-state index contributed by atoms with van der Waals surface area (Å²) in [6, 6.07) is -0.679. The highest BCUT2D eigenvalue weighted by Gasteiger charge is 2.51. The Labute approximate surface area is 584 Å². The smallest absolute Gasteiger partial charge is 0.330 e. The van der Waals surface area contributed by atoms with Crippen molar-refractivity contribution in [2.45, 2.75) is 156 Å². The molecule has 0 aromatic heterocycles. The molecule has 2 saturated heterocycles. The number of carboxylic acids is 1. The van der Waals surface area contributed by atoms with Crippen molar-refractivity contribution in [3.63, 3.8) is 0 Å². The SMILES string of the molecule is CN[C@H](CC(C)C)C(=O)N[C@H]1C(=O)N[C@@H](CC(N)=O)C(=O)N[C@H]2C(=O)N[C@H]3C(=O)N[C@H](C(=O)N[C@@H](C(=O)O)c4cc(O)cc(O)c4-c4cc3ccc4O)[C@H](O)c3ccc(c(Cl)c3)Oc3cc2cc(c3O[C@@H]2O[C@H](CO)[C@@H](O)[C@H](O)[C@H]2O[C@H]2C[C@](C)(N)[C@@H](O)[C@H](C)O2)Oc2ccc(cc2Cl)[C@H]1O. The van der Waals surface area contributed by atoms with Crippen LogP contribution in [-0.4, -0.2) is 191 Å². The maximum atomic E-state index is 16.0. The second-order valence-corrected chi connectivity index (χ2v) is 26.5. The summed E-state index contributed by atoms with van der Waals surface area (Å²) in [5.41, 5.74) is 8.00. The van der Waals surface area contributed by atoms with Crippen LogP contribution in [0.15, 0.2) is 78.9 Å². The van der Waals surface area contributed by atoms with Crippen LogP contribution in [-0.2, 0) is 52.6 Å². The van der Waals surface area contributed by atoms with E-state index in [1.54, 1.807) is 0 Å². The van der Waals surface area contributed by atoms with Crippen LogP contribution >= 0.6 is 23.2 Å². The van der Waals surface area contributed by atoms with Gasteiger partial charge in [-0.3, -0.25) is 33.6 Å². The summed E-state index contributed by atoms with van der Waals surface area (Å²) in [5, 5.41) is 131. The van der Waals surface area contributed by atoms with Crippen LogP contribution in [0.3, 0.4) is 0 Å². The van der Waals surface area contributed by atoms with E-state index in [0.29, 0.717) is 0 Å². The molecule has 0 radical (unpaired) electrons. The number of carboxylic acid groups (broad SMARTS) is 1. The van der Waals surface area contributed by atoms with Gasteiger partial charge in [0.25, 0.3) is 0 Å². The van der Waals surface area contributed by atoms with Crippen molar-refractivity contribution >= 4 is 70.5 Å². The first-order chi connectivity index (χ1) is 47.7. The molecule has 12 rings (SSSR count). The molecule has 7 aliphatic heterocycles. The molecule has 33 nitrogen and oxygen atoms in total. The average Bonchev–Trinajstić information content (AvgIpc) is 0.775. The number of ether oxygens (including phenoxy) is 6. The van der Waals surface area contributed by atoms with Crippen molar-refractivity contribution in [2.24, 2.45) is 17.4 Å². The topological polar surface area (TPSA) is 530 Å². The van der Waals surface area contributed by atoms with Crippen LogP contribution in [0.25, 0.3) is 11.1 Å². The average molecular weight is 1450 g/mol. The van der Waals surface area contributed by atoms with Gasteiger partial charge in [0, 0.05) is 34.7 Å². The van der Waals surface area contributed by atoms with Gasteiger partial charge in [0.2, 0.25) is 53.4 Å². The van der Waals surface area contributed by atoms with Crippen molar-refractivity contribution < 1.29 is 118 Å². The van der Waals surface area contributed by atoms with E-state index in [0.717, 1.165) is 66.7 Å². The number of hydrogen-bond donors (Lipinski definition) is 19. The van der Waals surface area contributed by atoms with E-state index in [1.807, 2.05) is 13.8 Å². The number of carbonyl (C=O) groups excluding carboxylic acids is 7. The lowest BCUT2D eigenvalue weighted by Crippen LogP contribution is -2.64. The molecule has 0 saturated carbocycles. The molecular formula is C66H75Cl2N9O24. The number of aliphatic hydroxyl groups excluding tert-OH is 6. The van der Waals surface area contributed by atoms with Crippen LogP contribution in [0.5, 0.6) is 46.0 Å². The maximum absolute atomic E-state index is 16.0. The van der Waals surface area contributed by atoms with Gasteiger partial charge in [-0.2, -0.15) is 0 Å². The molecule has 21 N–H and O–H groups in total. The molecule has 5 aromatic carbocycles. The number of carbonyl (C=O) groups is 8. The Morgan fingerprint density at radius 2 is 1.32 bits per heavy atom. The maximum Gasteiger partial charge on any atom is 0.330 e. The largest absolute Gasteiger partial charge is 0.508 e. The highest BCUT2D eigenvalue weighted by molar-refractivity contribution is 6.32. The molecule has 18 atom stereocenters. The van der Waals surface area contributed by atoms with Gasteiger partial charge in [0.1, 0.15) is 89.5 Å². The Morgan fingerprint density at radius 3 is 1.90 bits per heavy atom. The van der Waals surface area contributed by atoms with Gasteiger partial charge >= 0.3 is 5.97 Å². The number of phenols is 3. The Bertz CT molecular complexity index is 4070. The zero-order valence-corrected chi connectivity index (χ0v) is 55.8. The molecule has 0 aliphatic carbocycles. The van der Waals surface area contributed by atoms with E-state index in [-0.39, 0.29) is 46.2 Å². The number of amides is 7. The normalized spacial score (nSPS) is 29.4. The van der Waals surface area contributed by atoms with Gasteiger partial charge in [0.15, 0.2) is 29.9 Å². The number of fused-ring (bicyclic) bond motifs is 15. The summed E-state index contributed by atoms with van der Waals surface area (Å²) >= 11 is 14.1. The second kappa shape index (κ2) is 30.2. The number of rotatable bonds is 13. The van der Waals surface area contributed by atoms with Gasteiger partial charge in [-0.25, -0.2) is 4.79 Å². The fourth-order valence-corrected chi connectivity index (χ4v) is 12.9. The van der Waals surface area contributed by atoms with Crippen molar-refractivity contribution in [1.29, 1.82) is 0 Å². The quantitative estimate of drug-likeness (QED) is 0.0743. The lowest BCUT2D eigenvalue weighted by Gasteiger charge is -2.47. The van der Waals surface area contributed by atoms with Crippen LogP contribution in [0, 0.1) is 5.92 Å². The molecule has 0 unspecified atom stereocenters. The number of phenolic OH excluding ortho intramolecular Hbond substituents is 3. The van der Waals surface area contributed by atoms with Crippen molar-refractivity contribution in [3.8, 4) is 57.1 Å². The third-order valence-electron chi connectivity index (χ3n) is 17.8. The first-order valence-corrected chi connectivity index (χ1v) is 32.4. The zero-order valence-electron chi connectivity index (χ0n) is 54.3. The second-order valence-electron chi connectivity index (χ2n) is 25.7. The van der Waals surface area contributed by atoms with E-state index in [9.17, 15) is 75.0 Å². The van der Waals surface area contributed by atoms with Crippen molar-refractivity contribution in [2.75, 3.05) is 13.7 Å². The lowest BCUT2D eigenvalue weighted by molar-refractivity contribution is -0.333.